The first-order chi connectivity index (χ1) is 12.0. The van der Waals surface area contributed by atoms with E-state index < -0.39 is 11.7 Å². The van der Waals surface area contributed by atoms with Gasteiger partial charge in [0.2, 0.25) is 0 Å². The van der Waals surface area contributed by atoms with Gasteiger partial charge in [-0.1, -0.05) is 24.3 Å². The van der Waals surface area contributed by atoms with Crippen LogP contribution in [-0.4, -0.2) is 15.9 Å². The van der Waals surface area contributed by atoms with Gasteiger partial charge < -0.3 is 10.1 Å². The highest BCUT2D eigenvalue weighted by molar-refractivity contribution is 6.04. The fourth-order valence-corrected chi connectivity index (χ4v) is 2.32. The lowest BCUT2D eigenvalue weighted by molar-refractivity contribution is 0.102. The predicted molar refractivity (Wildman–Crippen MR) is 92.4 cm³/mol. The molecule has 0 radical (unpaired) electrons. The first-order valence-corrected chi connectivity index (χ1v) is 7.68. The van der Waals surface area contributed by atoms with Gasteiger partial charge in [-0.15, -0.1) is 0 Å². The van der Waals surface area contributed by atoms with Crippen molar-refractivity contribution in [2.75, 3.05) is 5.32 Å². The maximum absolute atomic E-state index is 13.3. The van der Waals surface area contributed by atoms with E-state index in [0.29, 0.717) is 22.8 Å². The number of halogens is 1. The Kier molecular flexibility index (Phi) is 4.70. The molecule has 126 valence electrons. The van der Waals surface area contributed by atoms with Crippen LogP contribution in [0.3, 0.4) is 0 Å². The van der Waals surface area contributed by atoms with Crippen LogP contribution < -0.4 is 10.1 Å². The zero-order valence-electron chi connectivity index (χ0n) is 13.8. The second-order valence-corrected chi connectivity index (χ2v) is 5.43. The van der Waals surface area contributed by atoms with Crippen molar-refractivity contribution < 1.29 is 13.9 Å². The first kappa shape index (κ1) is 16.6. The number of amides is 1. The number of anilines is 1. The summed E-state index contributed by atoms with van der Waals surface area (Å²) in [4.78, 5) is 20.8. The molecule has 1 aromatic heterocycles. The summed E-state index contributed by atoms with van der Waals surface area (Å²) in [5.41, 5.74) is 1.82. The van der Waals surface area contributed by atoms with Crippen molar-refractivity contribution in [3.63, 3.8) is 0 Å². The molecular formula is C19H16FN3O2. The number of nitrogens with one attached hydrogen (secondary N) is 1. The number of hydrogen-bond acceptors (Lipinski definition) is 4. The largest absolute Gasteiger partial charge is 0.424 e. The molecule has 0 aliphatic rings. The monoisotopic (exact) mass is 337 g/mol. The Morgan fingerprint density at radius 1 is 1.00 bits per heavy atom. The van der Waals surface area contributed by atoms with Gasteiger partial charge in [-0.3, -0.25) is 4.79 Å². The summed E-state index contributed by atoms with van der Waals surface area (Å²) in [6.45, 7) is 3.49. The quantitative estimate of drug-likeness (QED) is 0.772. The summed E-state index contributed by atoms with van der Waals surface area (Å²) in [7, 11) is 0. The molecule has 1 N–H and O–H groups in total. The molecule has 0 saturated carbocycles. The predicted octanol–water partition coefficient (Wildman–Crippen LogP) is 4.28. The summed E-state index contributed by atoms with van der Waals surface area (Å²) in [6.07, 6.45) is 0. The smallest absolute Gasteiger partial charge is 0.322 e. The lowest BCUT2D eigenvalue weighted by Crippen LogP contribution is -2.15. The molecule has 0 aliphatic heterocycles. The summed E-state index contributed by atoms with van der Waals surface area (Å²) in [5, 5.41) is 2.73. The van der Waals surface area contributed by atoms with Crippen LogP contribution >= 0.6 is 0 Å². The molecule has 0 unspecified atom stereocenters. The van der Waals surface area contributed by atoms with Gasteiger partial charge in [0.15, 0.2) is 0 Å². The molecule has 25 heavy (non-hydrogen) atoms. The fourth-order valence-electron chi connectivity index (χ4n) is 2.32. The summed E-state index contributed by atoms with van der Waals surface area (Å²) in [5.74, 6) is -0.271. The van der Waals surface area contributed by atoms with E-state index in [1.165, 1.54) is 24.3 Å². The van der Waals surface area contributed by atoms with Gasteiger partial charge in [-0.2, -0.15) is 9.97 Å². The second kappa shape index (κ2) is 7.09. The van der Waals surface area contributed by atoms with E-state index in [2.05, 4.69) is 15.3 Å². The molecule has 3 rings (SSSR count). The van der Waals surface area contributed by atoms with Gasteiger partial charge in [-0.05, 0) is 44.2 Å². The zero-order chi connectivity index (χ0) is 17.8. The Bertz CT molecular complexity index is 891. The maximum Gasteiger partial charge on any atom is 0.322 e. The van der Waals surface area contributed by atoms with E-state index in [9.17, 15) is 9.18 Å². The van der Waals surface area contributed by atoms with Gasteiger partial charge in [0.1, 0.15) is 11.6 Å². The Balaban J connectivity index is 1.82. The molecule has 0 aliphatic carbocycles. The zero-order valence-corrected chi connectivity index (χ0v) is 13.8. The molecule has 3 aromatic rings. The Hall–Kier alpha value is -3.28. The number of para-hydroxylation sites is 1. The lowest BCUT2D eigenvalue weighted by Gasteiger charge is -2.12. The molecule has 2 aromatic carbocycles. The Morgan fingerprint density at radius 3 is 2.32 bits per heavy atom. The van der Waals surface area contributed by atoms with Crippen molar-refractivity contribution in [1.82, 2.24) is 9.97 Å². The summed E-state index contributed by atoms with van der Waals surface area (Å²) in [6, 6.07) is 14.9. The molecule has 1 amide bonds. The van der Waals surface area contributed by atoms with E-state index in [4.69, 9.17) is 4.74 Å². The average Bonchev–Trinajstić information content (AvgIpc) is 2.59. The number of carbonyl (C=O) groups is 1. The molecular weight excluding hydrogens is 321 g/mol. The first-order valence-electron chi connectivity index (χ1n) is 7.68. The highest BCUT2D eigenvalue weighted by atomic mass is 19.1. The van der Waals surface area contributed by atoms with Crippen molar-refractivity contribution in [1.29, 1.82) is 0 Å². The third kappa shape index (κ3) is 3.98. The Morgan fingerprint density at radius 2 is 1.68 bits per heavy atom. The molecule has 0 atom stereocenters. The molecule has 0 fully saturated rings. The molecule has 6 heteroatoms. The molecule has 1 heterocycles. The van der Waals surface area contributed by atoms with E-state index in [-0.39, 0.29) is 11.6 Å². The second-order valence-electron chi connectivity index (χ2n) is 5.43. The number of nitrogens with zero attached hydrogens (tertiary/aromatic N) is 2. The summed E-state index contributed by atoms with van der Waals surface area (Å²) >= 11 is 0. The minimum Gasteiger partial charge on any atom is -0.424 e. The lowest BCUT2D eigenvalue weighted by atomic mass is 10.2. The number of aryl methyl sites for hydroxylation is 2. The van der Waals surface area contributed by atoms with Crippen LogP contribution in [0.1, 0.15) is 21.7 Å². The van der Waals surface area contributed by atoms with Crippen LogP contribution in [0.2, 0.25) is 0 Å². The standard InChI is InChI=1S/C19H16FN3O2/c1-12-17(23-18(24)14-7-6-8-15(20)11-14)13(2)22-19(21-12)25-16-9-4-3-5-10-16/h3-11H,1-2H3,(H,23,24). The highest BCUT2D eigenvalue weighted by Gasteiger charge is 2.14. The van der Waals surface area contributed by atoms with Gasteiger partial charge in [0.05, 0.1) is 17.1 Å². The Labute approximate surface area is 144 Å². The number of rotatable bonds is 4. The highest BCUT2D eigenvalue weighted by Crippen LogP contribution is 2.23. The van der Waals surface area contributed by atoms with Crippen molar-refractivity contribution >= 4 is 11.6 Å². The van der Waals surface area contributed by atoms with Gasteiger partial charge >= 0.3 is 6.01 Å². The van der Waals surface area contributed by atoms with Crippen molar-refractivity contribution in [2.24, 2.45) is 0 Å². The average molecular weight is 337 g/mol. The van der Waals surface area contributed by atoms with Crippen molar-refractivity contribution in [3.05, 3.63) is 77.4 Å². The minimum atomic E-state index is -0.469. The van der Waals surface area contributed by atoms with Crippen LogP contribution in [0, 0.1) is 19.7 Å². The van der Waals surface area contributed by atoms with Gasteiger partial charge in [0.25, 0.3) is 5.91 Å². The molecule has 0 saturated heterocycles. The van der Waals surface area contributed by atoms with Gasteiger partial charge in [0, 0.05) is 5.56 Å². The van der Waals surface area contributed by atoms with E-state index in [1.807, 2.05) is 18.2 Å². The topological polar surface area (TPSA) is 64.1 Å². The number of benzene rings is 2. The van der Waals surface area contributed by atoms with E-state index >= 15 is 0 Å². The molecule has 0 bridgehead atoms. The normalized spacial score (nSPS) is 10.4. The molecule has 5 nitrogen and oxygen atoms in total. The van der Waals surface area contributed by atoms with Crippen LogP contribution in [0.15, 0.2) is 54.6 Å². The van der Waals surface area contributed by atoms with Crippen LogP contribution in [0.5, 0.6) is 11.8 Å². The maximum atomic E-state index is 13.3. The van der Waals surface area contributed by atoms with Crippen molar-refractivity contribution in [3.8, 4) is 11.8 Å². The third-order valence-corrected chi connectivity index (χ3v) is 3.53. The van der Waals surface area contributed by atoms with Crippen LogP contribution in [0.4, 0.5) is 10.1 Å². The molecule has 0 spiro atoms. The van der Waals surface area contributed by atoms with Crippen molar-refractivity contribution in [2.45, 2.75) is 13.8 Å². The van der Waals surface area contributed by atoms with E-state index in [1.54, 1.807) is 26.0 Å². The third-order valence-electron chi connectivity index (χ3n) is 3.53. The van der Waals surface area contributed by atoms with Gasteiger partial charge in [-0.25, -0.2) is 4.39 Å². The minimum absolute atomic E-state index is 0.199. The fraction of sp³-hybridized carbons (Fsp3) is 0.105. The van der Waals surface area contributed by atoms with E-state index in [0.717, 1.165) is 0 Å². The SMILES string of the molecule is Cc1nc(Oc2ccccc2)nc(C)c1NC(=O)c1cccc(F)c1. The number of carbonyl (C=O) groups excluding carboxylic acids is 1. The number of hydrogen-bond donors (Lipinski definition) is 1. The van der Waals surface area contributed by atoms with Crippen LogP contribution in [0.25, 0.3) is 0 Å². The number of ether oxygens (including phenoxy) is 1. The van der Waals surface area contributed by atoms with Crippen LogP contribution in [-0.2, 0) is 0 Å². The summed E-state index contributed by atoms with van der Waals surface area (Å²) < 4.78 is 18.9. The number of aromatic nitrogens is 2.